The van der Waals surface area contributed by atoms with E-state index in [2.05, 4.69) is 4.98 Å². The summed E-state index contributed by atoms with van der Waals surface area (Å²) < 4.78 is 57.6. The lowest BCUT2D eigenvalue weighted by molar-refractivity contribution is 0.414. The van der Waals surface area contributed by atoms with E-state index in [1.54, 1.807) is 18.3 Å². The maximum Gasteiger partial charge on any atom is 0.132 e. The standard InChI is InChI=1S/C12H15FN2/c1-15(2)7-6-9-8-14-11-5-3-4-10(13)12(9)11/h3-5,8,14H,6-7H2,1-2H3/i1D3,2D3. The molecule has 0 fully saturated rings. The molecule has 2 aromatic rings. The summed E-state index contributed by atoms with van der Waals surface area (Å²) in [4.78, 5) is 3.36. The van der Waals surface area contributed by atoms with Crippen LogP contribution < -0.4 is 0 Å². The van der Waals surface area contributed by atoms with E-state index in [9.17, 15) is 4.39 Å². The molecule has 0 saturated heterocycles. The van der Waals surface area contributed by atoms with Gasteiger partial charge in [-0.2, -0.15) is 0 Å². The lowest BCUT2D eigenvalue weighted by Crippen LogP contribution is -2.14. The average Bonchev–Trinajstić information content (AvgIpc) is 2.70. The number of aromatic nitrogens is 1. The molecule has 0 amide bonds. The Morgan fingerprint density at radius 3 is 3.13 bits per heavy atom. The van der Waals surface area contributed by atoms with Crippen LogP contribution in [0.3, 0.4) is 0 Å². The van der Waals surface area contributed by atoms with Crippen LogP contribution in [0.5, 0.6) is 0 Å². The van der Waals surface area contributed by atoms with E-state index in [-0.39, 0.29) is 13.0 Å². The van der Waals surface area contributed by atoms with Crippen molar-refractivity contribution in [3.05, 3.63) is 35.8 Å². The zero-order chi connectivity index (χ0) is 15.8. The quantitative estimate of drug-likeness (QED) is 0.827. The number of fused-ring (bicyclic) bond motifs is 1. The molecule has 0 spiro atoms. The summed E-state index contributed by atoms with van der Waals surface area (Å²) in [6, 6.07) is 4.58. The zero-order valence-electron chi connectivity index (χ0n) is 14.0. The van der Waals surface area contributed by atoms with Crippen molar-refractivity contribution < 1.29 is 12.6 Å². The highest BCUT2D eigenvalue weighted by Crippen LogP contribution is 2.21. The highest BCUT2D eigenvalue weighted by atomic mass is 19.1. The van der Waals surface area contributed by atoms with E-state index in [4.69, 9.17) is 8.22 Å². The topological polar surface area (TPSA) is 19.0 Å². The Morgan fingerprint density at radius 1 is 1.47 bits per heavy atom. The van der Waals surface area contributed by atoms with Gasteiger partial charge in [0, 0.05) is 31.9 Å². The van der Waals surface area contributed by atoms with Crippen LogP contribution in [0.1, 0.15) is 13.8 Å². The maximum absolute atomic E-state index is 13.8. The highest BCUT2D eigenvalue weighted by molar-refractivity contribution is 5.83. The summed E-state index contributed by atoms with van der Waals surface area (Å²) in [6.07, 6.45) is 1.70. The first kappa shape index (κ1) is 5.12. The van der Waals surface area contributed by atoms with Gasteiger partial charge in [-0.25, -0.2) is 4.39 Å². The molecule has 15 heavy (non-hydrogen) atoms. The van der Waals surface area contributed by atoms with Gasteiger partial charge < -0.3 is 9.88 Å². The first-order valence-electron chi connectivity index (χ1n) is 7.63. The number of aromatic amines is 1. The van der Waals surface area contributed by atoms with Crippen LogP contribution in [-0.2, 0) is 6.42 Å². The van der Waals surface area contributed by atoms with Gasteiger partial charge in [0.25, 0.3) is 0 Å². The second kappa shape index (κ2) is 4.03. The van der Waals surface area contributed by atoms with Gasteiger partial charge in [-0.1, -0.05) is 6.07 Å². The van der Waals surface area contributed by atoms with Gasteiger partial charge in [-0.3, -0.25) is 0 Å². The second-order valence-corrected chi connectivity index (χ2v) is 3.38. The molecule has 1 heterocycles. The number of H-pyrrole nitrogens is 1. The van der Waals surface area contributed by atoms with Crippen LogP contribution in [0.15, 0.2) is 24.4 Å². The number of benzene rings is 1. The Balaban J connectivity index is 2.25. The monoisotopic (exact) mass is 212 g/mol. The minimum absolute atomic E-state index is 0.123. The summed E-state index contributed by atoms with van der Waals surface area (Å²) in [7, 11) is 0. The average molecular weight is 212 g/mol. The van der Waals surface area contributed by atoms with Gasteiger partial charge in [0.05, 0.1) is 0 Å². The molecule has 2 nitrogen and oxygen atoms in total. The van der Waals surface area contributed by atoms with E-state index >= 15 is 0 Å². The van der Waals surface area contributed by atoms with Crippen molar-refractivity contribution in [2.45, 2.75) is 6.42 Å². The molecule has 80 valence electrons. The predicted molar refractivity (Wildman–Crippen MR) is 60.5 cm³/mol. The number of likely N-dealkylation sites (N-methyl/N-ethyl adjacent to an activating group) is 1. The predicted octanol–water partition coefficient (Wildman–Crippen LogP) is 2.41. The Morgan fingerprint density at radius 2 is 2.33 bits per heavy atom. The lowest BCUT2D eigenvalue weighted by Gasteiger charge is -2.08. The number of rotatable bonds is 3. The molecular formula is C12H15FN2. The molecule has 0 aliphatic heterocycles. The van der Waals surface area contributed by atoms with E-state index in [0.717, 1.165) is 0 Å². The minimum Gasteiger partial charge on any atom is -0.361 e. The van der Waals surface area contributed by atoms with Gasteiger partial charge in [0.1, 0.15) is 5.82 Å². The van der Waals surface area contributed by atoms with Crippen molar-refractivity contribution in [2.75, 3.05) is 20.5 Å². The van der Waals surface area contributed by atoms with E-state index in [1.165, 1.54) is 6.07 Å². The molecule has 0 atom stereocenters. The van der Waals surface area contributed by atoms with Gasteiger partial charge in [0.2, 0.25) is 0 Å². The molecule has 1 aromatic heterocycles. The SMILES string of the molecule is [2H]C([2H])([2H])N(CCc1c[nH]c2cccc(F)c12)C([2H])([2H])[2H]. The number of nitrogens with zero attached hydrogens (tertiary/aromatic N) is 1. The van der Waals surface area contributed by atoms with Gasteiger partial charge in [0.15, 0.2) is 0 Å². The molecule has 0 aliphatic rings. The van der Waals surface area contributed by atoms with Crippen LogP contribution in [0.25, 0.3) is 10.9 Å². The largest absolute Gasteiger partial charge is 0.361 e. The fourth-order valence-corrected chi connectivity index (χ4v) is 1.64. The lowest BCUT2D eigenvalue weighted by atomic mass is 10.1. The van der Waals surface area contributed by atoms with Crippen LogP contribution in [-0.4, -0.2) is 30.4 Å². The summed E-state index contributed by atoms with van der Waals surface area (Å²) in [6.45, 7) is -5.67. The van der Waals surface area contributed by atoms with Crippen molar-refractivity contribution >= 4 is 10.9 Å². The summed E-state index contributed by atoms with van der Waals surface area (Å²) in [5.41, 5.74) is 1.15. The Labute approximate surface area is 97.1 Å². The van der Waals surface area contributed by atoms with Crippen molar-refractivity contribution in [2.24, 2.45) is 0 Å². The van der Waals surface area contributed by atoms with E-state index < -0.39 is 19.8 Å². The van der Waals surface area contributed by atoms with E-state index in [1.807, 2.05) is 0 Å². The summed E-state index contributed by atoms with van der Waals surface area (Å²) in [5, 5.41) is 0.369. The summed E-state index contributed by atoms with van der Waals surface area (Å²) in [5.74, 6) is -0.418. The molecule has 0 radical (unpaired) electrons. The van der Waals surface area contributed by atoms with Crippen molar-refractivity contribution in [1.29, 1.82) is 0 Å². The van der Waals surface area contributed by atoms with Gasteiger partial charge >= 0.3 is 0 Å². The molecule has 0 saturated carbocycles. The molecule has 2 rings (SSSR count). The number of hydrogen-bond donors (Lipinski definition) is 1. The number of nitrogens with one attached hydrogen (secondary N) is 1. The van der Waals surface area contributed by atoms with E-state index in [0.29, 0.717) is 21.4 Å². The molecule has 0 unspecified atom stereocenters. The van der Waals surface area contributed by atoms with Gasteiger partial charge in [-0.15, -0.1) is 0 Å². The summed E-state index contributed by atoms with van der Waals surface area (Å²) >= 11 is 0. The van der Waals surface area contributed by atoms with Crippen molar-refractivity contribution in [3.63, 3.8) is 0 Å². The fourth-order valence-electron chi connectivity index (χ4n) is 1.64. The minimum atomic E-state index is -2.73. The third-order valence-electron chi connectivity index (χ3n) is 2.34. The second-order valence-electron chi connectivity index (χ2n) is 3.38. The molecular weight excluding hydrogens is 191 g/mol. The van der Waals surface area contributed by atoms with Crippen LogP contribution in [0.4, 0.5) is 4.39 Å². The number of hydrogen-bond acceptors (Lipinski definition) is 1. The Bertz CT molecular complexity index is 617. The first-order valence-corrected chi connectivity index (χ1v) is 4.63. The first-order chi connectivity index (χ1) is 9.60. The molecule has 0 aliphatic carbocycles. The molecule has 1 N–H and O–H groups in total. The molecule has 1 aromatic carbocycles. The molecule has 3 heteroatoms. The highest BCUT2D eigenvalue weighted by Gasteiger charge is 2.07. The zero-order valence-corrected chi connectivity index (χ0v) is 8.05. The maximum atomic E-state index is 13.8. The van der Waals surface area contributed by atoms with Crippen LogP contribution >= 0.6 is 0 Å². The molecule has 0 bridgehead atoms. The van der Waals surface area contributed by atoms with Gasteiger partial charge in [-0.05, 0) is 38.1 Å². The number of halogens is 1. The van der Waals surface area contributed by atoms with Crippen molar-refractivity contribution in [3.8, 4) is 0 Å². The fraction of sp³-hybridized carbons (Fsp3) is 0.333. The third-order valence-corrected chi connectivity index (χ3v) is 2.34. The smallest absolute Gasteiger partial charge is 0.132 e. The van der Waals surface area contributed by atoms with Crippen molar-refractivity contribution in [1.82, 2.24) is 9.88 Å². The van der Waals surface area contributed by atoms with Crippen LogP contribution in [0.2, 0.25) is 0 Å². The normalized spacial score (nSPS) is 19.1. The Hall–Kier alpha value is -1.35. The third kappa shape index (κ3) is 2.02. The van der Waals surface area contributed by atoms with Crippen LogP contribution in [0, 0.1) is 5.82 Å². The Kier molecular flexibility index (Phi) is 1.37.